The smallest absolute Gasteiger partial charge is 0.134 e. The first-order valence-electron chi connectivity index (χ1n) is 4.54. The average molecular weight is 191 g/mol. The van der Waals surface area contributed by atoms with E-state index in [4.69, 9.17) is 9.15 Å². The Bertz CT molecular complexity index is 434. The highest BCUT2D eigenvalue weighted by Gasteiger charge is 2.05. The second-order valence-corrected chi connectivity index (χ2v) is 3.15. The first kappa shape index (κ1) is 9.09. The van der Waals surface area contributed by atoms with Crippen LogP contribution in [0.2, 0.25) is 0 Å². The summed E-state index contributed by atoms with van der Waals surface area (Å²) in [5.41, 5.74) is 2.05. The third-order valence-electron chi connectivity index (χ3n) is 2.23. The van der Waals surface area contributed by atoms with Crippen molar-refractivity contribution in [2.45, 2.75) is 6.54 Å². The normalized spacial score (nSPS) is 10.7. The lowest BCUT2D eigenvalue weighted by Crippen LogP contribution is -2.03. The largest absolute Gasteiger partial charge is 0.497 e. The Kier molecular flexibility index (Phi) is 2.41. The van der Waals surface area contributed by atoms with Crippen LogP contribution in [0.4, 0.5) is 0 Å². The van der Waals surface area contributed by atoms with Crippen molar-refractivity contribution in [3.8, 4) is 5.75 Å². The third kappa shape index (κ3) is 1.46. The third-order valence-corrected chi connectivity index (χ3v) is 2.23. The van der Waals surface area contributed by atoms with Gasteiger partial charge in [-0.25, -0.2) is 0 Å². The summed E-state index contributed by atoms with van der Waals surface area (Å²) in [4.78, 5) is 0. The molecule has 0 aliphatic carbocycles. The molecule has 0 saturated heterocycles. The average Bonchev–Trinajstić information content (AvgIpc) is 2.61. The van der Waals surface area contributed by atoms with Crippen molar-refractivity contribution in [1.29, 1.82) is 0 Å². The van der Waals surface area contributed by atoms with Crippen LogP contribution in [-0.4, -0.2) is 14.2 Å². The summed E-state index contributed by atoms with van der Waals surface area (Å²) in [6.45, 7) is 0.806. The molecule has 1 aromatic carbocycles. The van der Waals surface area contributed by atoms with Crippen molar-refractivity contribution in [2.24, 2.45) is 0 Å². The molecule has 1 heterocycles. The van der Waals surface area contributed by atoms with Crippen molar-refractivity contribution in [3.05, 3.63) is 30.0 Å². The second-order valence-electron chi connectivity index (χ2n) is 3.15. The van der Waals surface area contributed by atoms with Gasteiger partial charge in [-0.1, -0.05) is 0 Å². The summed E-state index contributed by atoms with van der Waals surface area (Å²) in [5, 5.41) is 4.21. The highest BCUT2D eigenvalue weighted by Crippen LogP contribution is 2.25. The summed E-state index contributed by atoms with van der Waals surface area (Å²) in [6, 6.07) is 5.81. The molecule has 1 N–H and O–H groups in total. The van der Waals surface area contributed by atoms with E-state index in [9.17, 15) is 0 Å². The number of ether oxygens (including phenoxy) is 1. The summed E-state index contributed by atoms with van der Waals surface area (Å²) in [5.74, 6) is 0.858. The van der Waals surface area contributed by atoms with Crippen LogP contribution in [0.5, 0.6) is 5.75 Å². The molecule has 0 aliphatic heterocycles. The van der Waals surface area contributed by atoms with Crippen LogP contribution in [0, 0.1) is 0 Å². The van der Waals surface area contributed by atoms with E-state index < -0.39 is 0 Å². The first-order chi connectivity index (χ1) is 6.85. The molecule has 0 aliphatic rings. The molecule has 3 nitrogen and oxygen atoms in total. The molecule has 0 fully saturated rings. The van der Waals surface area contributed by atoms with Gasteiger partial charge in [-0.05, 0) is 25.2 Å². The Hall–Kier alpha value is -1.48. The number of hydrogen-bond donors (Lipinski definition) is 1. The zero-order valence-electron chi connectivity index (χ0n) is 8.33. The summed E-state index contributed by atoms with van der Waals surface area (Å²) in [7, 11) is 3.58. The van der Waals surface area contributed by atoms with Gasteiger partial charge in [0, 0.05) is 17.5 Å². The monoisotopic (exact) mass is 191 g/mol. The quantitative estimate of drug-likeness (QED) is 0.807. The number of furan rings is 1. The molecule has 74 valence electrons. The molecule has 0 radical (unpaired) electrons. The molecule has 0 atom stereocenters. The van der Waals surface area contributed by atoms with Crippen LogP contribution in [-0.2, 0) is 6.54 Å². The fourth-order valence-corrected chi connectivity index (χ4v) is 1.52. The van der Waals surface area contributed by atoms with Crippen molar-refractivity contribution in [1.82, 2.24) is 5.32 Å². The molecule has 2 aromatic rings. The maximum Gasteiger partial charge on any atom is 0.134 e. The summed E-state index contributed by atoms with van der Waals surface area (Å²) < 4.78 is 10.6. The lowest BCUT2D eigenvalue weighted by atomic mass is 10.1. The SMILES string of the molecule is CNCc1coc2ccc(OC)cc12. The predicted octanol–water partition coefficient (Wildman–Crippen LogP) is 2.16. The number of fused-ring (bicyclic) bond motifs is 1. The van der Waals surface area contributed by atoms with E-state index in [1.165, 1.54) is 0 Å². The van der Waals surface area contributed by atoms with E-state index in [1.54, 1.807) is 13.4 Å². The highest BCUT2D eigenvalue weighted by atomic mass is 16.5. The Morgan fingerprint density at radius 3 is 3.00 bits per heavy atom. The van der Waals surface area contributed by atoms with Gasteiger partial charge in [-0.3, -0.25) is 0 Å². The van der Waals surface area contributed by atoms with Gasteiger partial charge < -0.3 is 14.5 Å². The predicted molar refractivity (Wildman–Crippen MR) is 55.5 cm³/mol. The number of benzene rings is 1. The summed E-state index contributed by atoms with van der Waals surface area (Å²) >= 11 is 0. The molecule has 0 saturated carbocycles. The van der Waals surface area contributed by atoms with Crippen LogP contribution < -0.4 is 10.1 Å². The van der Waals surface area contributed by atoms with E-state index in [-0.39, 0.29) is 0 Å². The van der Waals surface area contributed by atoms with E-state index >= 15 is 0 Å². The summed E-state index contributed by atoms with van der Waals surface area (Å²) in [6.07, 6.45) is 1.78. The van der Waals surface area contributed by atoms with Crippen molar-refractivity contribution < 1.29 is 9.15 Å². The van der Waals surface area contributed by atoms with Gasteiger partial charge in [0.05, 0.1) is 13.4 Å². The van der Waals surface area contributed by atoms with E-state index in [0.717, 1.165) is 28.8 Å². The standard InChI is InChI=1S/C11H13NO2/c1-12-6-8-7-14-11-4-3-9(13-2)5-10(8)11/h3-5,7,12H,6H2,1-2H3. The maximum atomic E-state index is 5.41. The van der Waals surface area contributed by atoms with Gasteiger partial charge >= 0.3 is 0 Å². The van der Waals surface area contributed by atoms with Gasteiger partial charge in [-0.2, -0.15) is 0 Å². The lowest BCUT2D eigenvalue weighted by Gasteiger charge is -1.99. The fraction of sp³-hybridized carbons (Fsp3) is 0.273. The molecule has 2 rings (SSSR count). The number of hydrogen-bond acceptors (Lipinski definition) is 3. The molecule has 0 bridgehead atoms. The van der Waals surface area contributed by atoms with E-state index in [0.29, 0.717) is 0 Å². The molecule has 0 unspecified atom stereocenters. The van der Waals surface area contributed by atoms with Crippen molar-refractivity contribution in [3.63, 3.8) is 0 Å². The van der Waals surface area contributed by atoms with Crippen LogP contribution in [0.25, 0.3) is 11.0 Å². The van der Waals surface area contributed by atoms with Gasteiger partial charge in [0.15, 0.2) is 0 Å². The van der Waals surface area contributed by atoms with Gasteiger partial charge in [0.25, 0.3) is 0 Å². The highest BCUT2D eigenvalue weighted by molar-refractivity contribution is 5.82. The Labute approximate surface area is 82.7 Å². The minimum Gasteiger partial charge on any atom is -0.497 e. The van der Waals surface area contributed by atoms with E-state index in [2.05, 4.69) is 5.32 Å². The van der Waals surface area contributed by atoms with Crippen LogP contribution in [0.1, 0.15) is 5.56 Å². The van der Waals surface area contributed by atoms with Gasteiger partial charge in [0.2, 0.25) is 0 Å². The zero-order chi connectivity index (χ0) is 9.97. The Morgan fingerprint density at radius 1 is 1.43 bits per heavy atom. The van der Waals surface area contributed by atoms with Crippen LogP contribution in [0.3, 0.4) is 0 Å². The molecule has 3 heteroatoms. The minimum absolute atomic E-state index is 0.806. The topological polar surface area (TPSA) is 34.4 Å². The Balaban J connectivity index is 2.52. The number of methoxy groups -OCH3 is 1. The fourth-order valence-electron chi connectivity index (χ4n) is 1.52. The molecule has 0 amide bonds. The van der Waals surface area contributed by atoms with Gasteiger partial charge in [-0.15, -0.1) is 0 Å². The van der Waals surface area contributed by atoms with Crippen LogP contribution >= 0.6 is 0 Å². The molecular formula is C11H13NO2. The van der Waals surface area contributed by atoms with Gasteiger partial charge in [0.1, 0.15) is 11.3 Å². The number of nitrogens with one attached hydrogen (secondary N) is 1. The zero-order valence-corrected chi connectivity index (χ0v) is 8.33. The lowest BCUT2D eigenvalue weighted by molar-refractivity contribution is 0.415. The Morgan fingerprint density at radius 2 is 2.29 bits per heavy atom. The minimum atomic E-state index is 0.806. The molecule has 0 spiro atoms. The maximum absolute atomic E-state index is 5.41. The second kappa shape index (κ2) is 3.72. The first-order valence-corrected chi connectivity index (χ1v) is 4.54. The van der Waals surface area contributed by atoms with E-state index in [1.807, 2.05) is 25.2 Å². The van der Waals surface area contributed by atoms with Crippen molar-refractivity contribution in [2.75, 3.05) is 14.2 Å². The van der Waals surface area contributed by atoms with Crippen molar-refractivity contribution >= 4 is 11.0 Å². The van der Waals surface area contributed by atoms with Crippen LogP contribution in [0.15, 0.2) is 28.9 Å². The molecule has 1 aromatic heterocycles. The number of rotatable bonds is 3. The molecular weight excluding hydrogens is 178 g/mol. The molecule has 14 heavy (non-hydrogen) atoms.